The van der Waals surface area contributed by atoms with Crippen LogP contribution in [0.5, 0.6) is 0 Å². The van der Waals surface area contributed by atoms with Crippen molar-refractivity contribution >= 4 is 0 Å². The summed E-state index contributed by atoms with van der Waals surface area (Å²) in [7, 11) is 0. The molecule has 0 aromatic rings. The van der Waals surface area contributed by atoms with Crippen molar-refractivity contribution in [3.63, 3.8) is 0 Å². The average molecular weight is 156 g/mol. The molecule has 11 heavy (non-hydrogen) atoms. The summed E-state index contributed by atoms with van der Waals surface area (Å²) in [6.45, 7) is 4.95. The van der Waals surface area contributed by atoms with Gasteiger partial charge in [-0.05, 0) is 12.8 Å². The molecule has 2 N–H and O–H groups in total. The van der Waals surface area contributed by atoms with Gasteiger partial charge in [-0.1, -0.05) is 0 Å². The standard InChI is InChI=1S/C8H16N2O/c9-6-8(2-5-11-7-8)10-3-1-4-10/h1-7,9H2. The molecule has 0 amide bonds. The van der Waals surface area contributed by atoms with Crippen molar-refractivity contribution in [2.45, 2.75) is 18.4 Å². The Morgan fingerprint density at radius 1 is 1.45 bits per heavy atom. The van der Waals surface area contributed by atoms with Gasteiger partial charge in [-0.15, -0.1) is 0 Å². The molecule has 1 unspecified atom stereocenters. The molecule has 64 valence electrons. The Labute approximate surface area is 67.5 Å². The zero-order chi connectivity index (χ0) is 7.73. The maximum atomic E-state index is 5.76. The quantitative estimate of drug-likeness (QED) is 0.602. The number of ether oxygens (including phenoxy) is 1. The van der Waals surface area contributed by atoms with Gasteiger partial charge < -0.3 is 10.5 Å². The van der Waals surface area contributed by atoms with Crippen molar-refractivity contribution in [3.05, 3.63) is 0 Å². The van der Waals surface area contributed by atoms with Gasteiger partial charge >= 0.3 is 0 Å². The maximum absolute atomic E-state index is 5.76. The lowest BCUT2D eigenvalue weighted by Gasteiger charge is -2.45. The van der Waals surface area contributed by atoms with Gasteiger partial charge in [0.15, 0.2) is 0 Å². The molecule has 0 aliphatic carbocycles. The fourth-order valence-corrected chi connectivity index (χ4v) is 1.93. The lowest BCUT2D eigenvalue weighted by Crippen LogP contribution is -2.59. The molecule has 0 radical (unpaired) electrons. The first-order valence-electron chi connectivity index (χ1n) is 4.40. The lowest BCUT2D eigenvalue weighted by molar-refractivity contribution is 0.0247. The highest BCUT2D eigenvalue weighted by Gasteiger charge is 2.41. The summed E-state index contributed by atoms with van der Waals surface area (Å²) in [6, 6.07) is 0. The molecular formula is C8H16N2O. The molecule has 2 heterocycles. The minimum absolute atomic E-state index is 0.220. The Morgan fingerprint density at radius 2 is 2.27 bits per heavy atom. The summed E-state index contributed by atoms with van der Waals surface area (Å²) in [5.74, 6) is 0. The SMILES string of the molecule is NCC1(N2CCC2)CCOC1. The van der Waals surface area contributed by atoms with Gasteiger partial charge in [-0.25, -0.2) is 0 Å². The molecule has 2 aliphatic rings. The van der Waals surface area contributed by atoms with Gasteiger partial charge in [0.2, 0.25) is 0 Å². The van der Waals surface area contributed by atoms with E-state index in [2.05, 4.69) is 4.90 Å². The summed E-state index contributed by atoms with van der Waals surface area (Å²) in [4.78, 5) is 2.47. The van der Waals surface area contributed by atoms with Crippen molar-refractivity contribution in [1.29, 1.82) is 0 Å². The summed E-state index contributed by atoms with van der Waals surface area (Å²) in [5.41, 5.74) is 5.98. The summed E-state index contributed by atoms with van der Waals surface area (Å²) in [6.07, 6.45) is 2.46. The fourth-order valence-electron chi connectivity index (χ4n) is 1.93. The van der Waals surface area contributed by atoms with Crippen LogP contribution in [0.15, 0.2) is 0 Å². The Hall–Kier alpha value is -0.120. The molecule has 0 aromatic heterocycles. The average Bonchev–Trinajstić information content (AvgIpc) is 2.34. The minimum Gasteiger partial charge on any atom is -0.379 e. The molecule has 0 spiro atoms. The largest absolute Gasteiger partial charge is 0.379 e. The number of hydrogen-bond acceptors (Lipinski definition) is 3. The molecule has 2 aliphatic heterocycles. The van der Waals surface area contributed by atoms with E-state index in [9.17, 15) is 0 Å². The van der Waals surface area contributed by atoms with Crippen LogP contribution < -0.4 is 5.73 Å². The van der Waals surface area contributed by atoms with Crippen LogP contribution in [0, 0.1) is 0 Å². The Bertz CT molecular complexity index is 139. The van der Waals surface area contributed by atoms with Crippen molar-refractivity contribution < 1.29 is 4.74 Å². The molecule has 2 rings (SSSR count). The summed E-state index contributed by atoms with van der Waals surface area (Å²) < 4.78 is 5.39. The second kappa shape index (κ2) is 2.73. The predicted molar refractivity (Wildman–Crippen MR) is 43.4 cm³/mol. The number of nitrogens with zero attached hydrogens (tertiary/aromatic N) is 1. The van der Waals surface area contributed by atoms with E-state index >= 15 is 0 Å². The van der Waals surface area contributed by atoms with Gasteiger partial charge in [0, 0.05) is 26.2 Å². The molecule has 3 nitrogen and oxygen atoms in total. The van der Waals surface area contributed by atoms with Gasteiger partial charge in [-0.2, -0.15) is 0 Å². The van der Waals surface area contributed by atoms with Crippen molar-refractivity contribution in [2.75, 3.05) is 32.8 Å². The predicted octanol–water partition coefficient (Wildman–Crippen LogP) is -0.190. The van der Waals surface area contributed by atoms with Gasteiger partial charge in [-0.3, -0.25) is 4.90 Å². The van der Waals surface area contributed by atoms with E-state index in [0.29, 0.717) is 0 Å². The zero-order valence-corrected chi connectivity index (χ0v) is 6.88. The van der Waals surface area contributed by atoms with Crippen molar-refractivity contribution in [1.82, 2.24) is 4.90 Å². The minimum atomic E-state index is 0.220. The highest BCUT2D eigenvalue weighted by atomic mass is 16.5. The topological polar surface area (TPSA) is 38.5 Å². The third-order valence-electron chi connectivity index (χ3n) is 2.99. The van der Waals surface area contributed by atoms with E-state index in [1.807, 2.05) is 0 Å². The Morgan fingerprint density at radius 3 is 2.64 bits per heavy atom. The third-order valence-corrected chi connectivity index (χ3v) is 2.99. The van der Waals surface area contributed by atoms with Crippen LogP contribution in [0.3, 0.4) is 0 Å². The normalized spacial score (nSPS) is 39.0. The zero-order valence-electron chi connectivity index (χ0n) is 6.88. The van der Waals surface area contributed by atoms with Crippen LogP contribution in [-0.2, 0) is 4.74 Å². The number of hydrogen-bond donors (Lipinski definition) is 1. The van der Waals surface area contributed by atoms with Crippen LogP contribution in [0.2, 0.25) is 0 Å². The first-order chi connectivity index (χ1) is 5.37. The number of rotatable bonds is 2. The smallest absolute Gasteiger partial charge is 0.0663 e. The van der Waals surface area contributed by atoms with Crippen LogP contribution in [0.25, 0.3) is 0 Å². The van der Waals surface area contributed by atoms with Crippen LogP contribution in [0.1, 0.15) is 12.8 Å². The lowest BCUT2D eigenvalue weighted by atomic mass is 9.93. The Balaban J connectivity index is 2.02. The van der Waals surface area contributed by atoms with Crippen molar-refractivity contribution in [2.24, 2.45) is 5.73 Å². The fraction of sp³-hybridized carbons (Fsp3) is 1.00. The van der Waals surface area contributed by atoms with E-state index in [1.54, 1.807) is 0 Å². The maximum Gasteiger partial charge on any atom is 0.0663 e. The molecule has 0 bridgehead atoms. The van der Waals surface area contributed by atoms with Gasteiger partial charge in [0.1, 0.15) is 0 Å². The van der Waals surface area contributed by atoms with E-state index in [-0.39, 0.29) is 5.54 Å². The molecule has 0 aromatic carbocycles. The van der Waals surface area contributed by atoms with Crippen LogP contribution >= 0.6 is 0 Å². The Kier molecular flexibility index (Phi) is 1.87. The highest BCUT2D eigenvalue weighted by Crippen LogP contribution is 2.29. The third kappa shape index (κ3) is 1.08. The summed E-state index contributed by atoms with van der Waals surface area (Å²) >= 11 is 0. The molecule has 3 heteroatoms. The molecule has 0 saturated carbocycles. The second-order valence-corrected chi connectivity index (χ2v) is 3.57. The van der Waals surface area contributed by atoms with E-state index in [0.717, 1.165) is 26.2 Å². The summed E-state index contributed by atoms with van der Waals surface area (Å²) in [5, 5.41) is 0. The van der Waals surface area contributed by atoms with Crippen molar-refractivity contribution in [3.8, 4) is 0 Å². The monoisotopic (exact) mass is 156 g/mol. The van der Waals surface area contributed by atoms with Gasteiger partial charge in [0.05, 0.1) is 12.1 Å². The van der Waals surface area contributed by atoms with E-state index in [4.69, 9.17) is 10.5 Å². The number of nitrogens with two attached hydrogens (primary N) is 1. The molecule has 2 fully saturated rings. The molecular weight excluding hydrogens is 140 g/mol. The van der Waals surface area contributed by atoms with Crippen LogP contribution in [-0.4, -0.2) is 43.3 Å². The molecule has 2 saturated heterocycles. The first kappa shape index (κ1) is 7.53. The first-order valence-corrected chi connectivity index (χ1v) is 4.40. The van der Waals surface area contributed by atoms with Crippen LogP contribution in [0.4, 0.5) is 0 Å². The molecule has 1 atom stereocenters. The van der Waals surface area contributed by atoms with E-state index in [1.165, 1.54) is 19.5 Å². The second-order valence-electron chi connectivity index (χ2n) is 3.57. The van der Waals surface area contributed by atoms with Gasteiger partial charge in [0.25, 0.3) is 0 Å². The number of likely N-dealkylation sites (tertiary alicyclic amines) is 1. The highest BCUT2D eigenvalue weighted by molar-refractivity contribution is 4.97. The van der Waals surface area contributed by atoms with E-state index < -0.39 is 0 Å².